The normalized spacial score (nSPS) is 15.7. The SMILES string of the molecule is Cc1noc(C(C)Sc2nc(C3CC3)n(-c3ccccc3)n2)n1. The summed E-state index contributed by atoms with van der Waals surface area (Å²) in [5.41, 5.74) is 1.05. The maximum absolute atomic E-state index is 5.24. The topological polar surface area (TPSA) is 69.6 Å². The highest BCUT2D eigenvalue weighted by molar-refractivity contribution is 7.99. The third kappa shape index (κ3) is 3.01. The predicted octanol–water partition coefficient (Wildman–Crippen LogP) is 3.69. The number of benzene rings is 1. The maximum Gasteiger partial charge on any atom is 0.239 e. The fraction of sp³-hybridized carbons (Fsp3) is 0.375. The Morgan fingerprint density at radius 3 is 2.65 bits per heavy atom. The van der Waals surface area contributed by atoms with Gasteiger partial charge in [-0.2, -0.15) is 4.98 Å². The first kappa shape index (κ1) is 14.4. The highest BCUT2D eigenvalue weighted by atomic mass is 32.2. The van der Waals surface area contributed by atoms with Crippen LogP contribution in [0.25, 0.3) is 5.69 Å². The van der Waals surface area contributed by atoms with Gasteiger partial charge in [-0.1, -0.05) is 35.1 Å². The zero-order valence-electron chi connectivity index (χ0n) is 13.0. The first-order valence-electron chi connectivity index (χ1n) is 7.70. The van der Waals surface area contributed by atoms with Gasteiger partial charge in [0.15, 0.2) is 5.82 Å². The number of rotatable bonds is 5. The Morgan fingerprint density at radius 2 is 2.00 bits per heavy atom. The van der Waals surface area contributed by atoms with E-state index in [1.54, 1.807) is 11.8 Å². The second kappa shape index (κ2) is 5.81. The monoisotopic (exact) mass is 327 g/mol. The Balaban J connectivity index is 1.62. The van der Waals surface area contributed by atoms with Crippen LogP contribution in [0, 0.1) is 6.92 Å². The van der Waals surface area contributed by atoms with Crippen molar-refractivity contribution in [2.45, 2.75) is 43.0 Å². The lowest BCUT2D eigenvalue weighted by molar-refractivity contribution is 0.376. The Hall–Kier alpha value is -2.15. The third-order valence-electron chi connectivity index (χ3n) is 3.73. The Bertz CT molecular complexity index is 809. The van der Waals surface area contributed by atoms with E-state index in [2.05, 4.69) is 22.3 Å². The van der Waals surface area contributed by atoms with Gasteiger partial charge in [-0.25, -0.2) is 9.67 Å². The molecular formula is C16H17N5OS. The molecular weight excluding hydrogens is 310 g/mol. The van der Waals surface area contributed by atoms with Crippen molar-refractivity contribution in [1.82, 2.24) is 24.9 Å². The Kier molecular flexibility index (Phi) is 3.65. The van der Waals surface area contributed by atoms with E-state index in [1.165, 1.54) is 12.8 Å². The summed E-state index contributed by atoms with van der Waals surface area (Å²) in [6.45, 7) is 3.84. The molecule has 0 N–H and O–H groups in total. The minimum Gasteiger partial charge on any atom is -0.338 e. The Morgan fingerprint density at radius 1 is 1.22 bits per heavy atom. The summed E-state index contributed by atoms with van der Waals surface area (Å²) in [5.74, 6) is 2.83. The van der Waals surface area contributed by atoms with Crippen molar-refractivity contribution in [3.8, 4) is 5.69 Å². The van der Waals surface area contributed by atoms with Crippen LogP contribution in [0.5, 0.6) is 0 Å². The summed E-state index contributed by atoms with van der Waals surface area (Å²) in [7, 11) is 0. The van der Waals surface area contributed by atoms with E-state index in [-0.39, 0.29) is 5.25 Å². The molecule has 6 nitrogen and oxygen atoms in total. The second-order valence-corrected chi connectivity index (χ2v) is 7.02. The number of hydrogen-bond acceptors (Lipinski definition) is 6. The van der Waals surface area contributed by atoms with Crippen LogP contribution >= 0.6 is 11.8 Å². The van der Waals surface area contributed by atoms with Gasteiger partial charge in [-0.3, -0.25) is 0 Å². The quantitative estimate of drug-likeness (QED) is 0.666. The van der Waals surface area contributed by atoms with Gasteiger partial charge in [0.05, 0.1) is 10.9 Å². The molecule has 1 unspecified atom stereocenters. The summed E-state index contributed by atoms with van der Waals surface area (Å²) >= 11 is 1.55. The van der Waals surface area contributed by atoms with Gasteiger partial charge < -0.3 is 4.52 Å². The van der Waals surface area contributed by atoms with Crippen molar-refractivity contribution in [3.63, 3.8) is 0 Å². The van der Waals surface area contributed by atoms with E-state index in [0.717, 1.165) is 16.7 Å². The van der Waals surface area contributed by atoms with Gasteiger partial charge in [-0.15, -0.1) is 5.10 Å². The van der Waals surface area contributed by atoms with Crippen LogP contribution in [0.1, 0.15) is 48.5 Å². The summed E-state index contributed by atoms with van der Waals surface area (Å²) in [5, 5.41) is 9.31. The van der Waals surface area contributed by atoms with E-state index in [1.807, 2.05) is 36.7 Å². The van der Waals surface area contributed by atoms with Crippen molar-refractivity contribution in [3.05, 3.63) is 47.9 Å². The molecule has 118 valence electrons. The lowest BCUT2D eigenvalue weighted by Crippen LogP contribution is -2.01. The van der Waals surface area contributed by atoms with Crippen molar-refractivity contribution in [1.29, 1.82) is 0 Å². The van der Waals surface area contributed by atoms with Crippen molar-refractivity contribution < 1.29 is 4.52 Å². The molecule has 7 heteroatoms. The Labute approximate surface area is 138 Å². The third-order valence-corrected chi connectivity index (χ3v) is 4.67. The standard InChI is InChI=1S/C16H17N5OS/c1-10(15-17-11(2)20-22-15)23-16-18-14(12-8-9-12)21(19-16)13-6-4-3-5-7-13/h3-7,10,12H,8-9H2,1-2H3. The number of para-hydroxylation sites is 1. The second-order valence-electron chi connectivity index (χ2n) is 5.71. The zero-order chi connectivity index (χ0) is 15.8. The van der Waals surface area contributed by atoms with Crippen LogP contribution in [0.3, 0.4) is 0 Å². The van der Waals surface area contributed by atoms with E-state index in [0.29, 0.717) is 17.6 Å². The van der Waals surface area contributed by atoms with Gasteiger partial charge in [0.25, 0.3) is 0 Å². The number of nitrogens with zero attached hydrogens (tertiary/aromatic N) is 5. The molecule has 2 heterocycles. The van der Waals surface area contributed by atoms with Crippen LogP contribution < -0.4 is 0 Å². The molecule has 1 aliphatic rings. The van der Waals surface area contributed by atoms with E-state index >= 15 is 0 Å². The fourth-order valence-electron chi connectivity index (χ4n) is 2.41. The summed E-state index contributed by atoms with van der Waals surface area (Å²) in [6.07, 6.45) is 2.38. The average molecular weight is 327 g/mol. The summed E-state index contributed by atoms with van der Waals surface area (Å²) in [6, 6.07) is 10.2. The molecule has 0 amide bonds. The van der Waals surface area contributed by atoms with Crippen LogP contribution in [0.15, 0.2) is 40.0 Å². The van der Waals surface area contributed by atoms with Crippen LogP contribution in [0.2, 0.25) is 0 Å². The van der Waals surface area contributed by atoms with Gasteiger partial charge in [0, 0.05) is 5.92 Å². The van der Waals surface area contributed by atoms with Crippen molar-refractivity contribution in [2.75, 3.05) is 0 Å². The van der Waals surface area contributed by atoms with E-state index < -0.39 is 0 Å². The first-order valence-corrected chi connectivity index (χ1v) is 8.58. The molecule has 3 aromatic rings. The van der Waals surface area contributed by atoms with Gasteiger partial charge in [-0.05, 0) is 38.8 Å². The number of aryl methyl sites for hydroxylation is 1. The van der Waals surface area contributed by atoms with Crippen LogP contribution in [0.4, 0.5) is 0 Å². The number of aromatic nitrogens is 5. The van der Waals surface area contributed by atoms with Gasteiger partial charge in [0.1, 0.15) is 5.82 Å². The summed E-state index contributed by atoms with van der Waals surface area (Å²) < 4.78 is 7.20. The number of hydrogen-bond donors (Lipinski definition) is 0. The molecule has 0 saturated heterocycles. The molecule has 23 heavy (non-hydrogen) atoms. The molecule has 0 spiro atoms. The van der Waals surface area contributed by atoms with Crippen LogP contribution in [-0.4, -0.2) is 24.9 Å². The van der Waals surface area contributed by atoms with Crippen LogP contribution in [-0.2, 0) is 0 Å². The van der Waals surface area contributed by atoms with Crippen molar-refractivity contribution >= 4 is 11.8 Å². The van der Waals surface area contributed by atoms with Gasteiger partial charge >= 0.3 is 0 Å². The lowest BCUT2D eigenvalue weighted by Gasteiger charge is -2.03. The van der Waals surface area contributed by atoms with E-state index in [4.69, 9.17) is 14.6 Å². The molecule has 1 fully saturated rings. The smallest absolute Gasteiger partial charge is 0.239 e. The number of thioether (sulfide) groups is 1. The minimum atomic E-state index is 0.0230. The van der Waals surface area contributed by atoms with E-state index in [9.17, 15) is 0 Å². The molecule has 1 aliphatic carbocycles. The average Bonchev–Trinajstić information content (AvgIpc) is 3.18. The maximum atomic E-state index is 5.24. The minimum absolute atomic E-state index is 0.0230. The molecule has 1 saturated carbocycles. The van der Waals surface area contributed by atoms with Gasteiger partial charge in [0.2, 0.25) is 11.0 Å². The zero-order valence-corrected chi connectivity index (χ0v) is 13.8. The van der Waals surface area contributed by atoms with Crippen molar-refractivity contribution in [2.24, 2.45) is 0 Å². The molecule has 0 bridgehead atoms. The predicted molar refractivity (Wildman–Crippen MR) is 86.6 cm³/mol. The largest absolute Gasteiger partial charge is 0.338 e. The molecule has 2 aromatic heterocycles. The first-order chi connectivity index (χ1) is 11.2. The molecule has 0 aliphatic heterocycles. The fourth-order valence-corrected chi connectivity index (χ4v) is 3.19. The molecule has 1 atom stereocenters. The highest BCUT2D eigenvalue weighted by Crippen LogP contribution is 2.41. The highest BCUT2D eigenvalue weighted by Gasteiger charge is 2.31. The summed E-state index contributed by atoms with van der Waals surface area (Å²) in [4.78, 5) is 9.03. The lowest BCUT2D eigenvalue weighted by atomic mass is 10.3. The molecule has 1 aromatic carbocycles. The molecule has 4 rings (SSSR count). The molecule has 0 radical (unpaired) electrons.